The second kappa shape index (κ2) is 10.9. The molecule has 8 nitrogen and oxygen atoms in total. The van der Waals surface area contributed by atoms with Gasteiger partial charge in [0.2, 0.25) is 5.90 Å². The van der Waals surface area contributed by atoms with Crippen LogP contribution in [0.5, 0.6) is 11.5 Å². The van der Waals surface area contributed by atoms with Crippen LogP contribution < -0.4 is 14.8 Å². The number of carbonyl (C=O) groups is 3. The largest absolute Gasteiger partial charge is 0.493 e. The van der Waals surface area contributed by atoms with Gasteiger partial charge in [0.25, 0.3) is 5.91 Å². The van der Waals surface area contributed by atoms with Crippen molar-refractivity contribution in [3.63, 3.8) is 0 Å². The Bertz CT molecular complexity index is 1560. The highest BCUT2D eigenvalue weighted by Gasteiger charge is 2.24. The van der Waals surface area contributed by atoms with Crippen LogP contribution in [0.15, 0.2) is 101 Å². The van der Waals surface area contributed by atoms with Gasteiger partial charge in [0, 0.05) is 16.8 Å². The lowest BCUT2D eigenvalue weighted by Gasteiger charge is -2.09. The zero-order valence-corrected chi connectivity index (χ0v) is 20.9. The van der Waals surface area contributed by atoms with Gasteiger partial charge in [0.15, 0.2) is 17.2 Å². The van der Waals surface area contributed by atoms with Crippen LogP contribution in [0.25, 0.3) is 6.08 Å². The maximum atomic E-state index is 12.5. The predicted molar refractivity (Wildman–Crippen MR) is 144 cm³/mol. The van der Waals surface area contributed by atoms with E-state index in [2.05, 4.69) is 10.3 Å². The van der Waals surface area contributed by atoms with Gasteiger partial charge in [0.1, 0.15) is 4.88 Å². The summed E-state index contributed by atoms with van der Waals surface area (Å²) in [6.45, 7) is 0. The van der Waals surface area contributed by atoms with E-state index in [0.717, 1.165) is 0 Å². The molecule has 0 saturated heterocycles. The van der Waals surface area contributed by atoms with E-state index in [1.54, 1.807) is 90.3 Å². The second-order valence-corrected chi connectivity index (χ2v) is 8.96. The molecule has 0 aliphatic carbocycles. The maximum absolute atomic E-state index is 12.5. The summed E-state index contributed by atoms with van der Waals surface area (Å²) in [5.74, 6) is -0.581. The number of amides is 1. The lowest BCUT2D eigenvalue weighted by atomic mass is 10.1. The van der Waals surface area contributed by atoms with Crippen molar-refractivity contribution in [2.75, 3.05) is 12.4 Å². The van der Waals surface area contributed by atoms with Crippen LogP contribution >= 0.6 is 11.3 Å². The third-order valence-electron chi connectivity index (χ3n) is 5.46. The molecule has 1 aliphatic rings. The molecule has 0 fully saturated rings. The summed E-state index contributed by atoms with van der Waals surface area (Å²) >= 11 is 1.28. The Morgan fingerprint density at radius 3 is 2.45 bits per heavy atom. The molecule has 0 spiro atoms. The van der Waals surface area contributed by atoms with Crippen molar-refractivity contribution in [3.05, 3.63) is 118 Å². The van der Waals surface area contributed by atoms with Gasteiger partial charge in [-0.2, -0.15) is 0 Å². The Morgan fingerprint density at radius 2 is 1.74 bits per heavy atom. The molecule has 3 aromatic carbocycles. The highest BCUT2D eigenvalue weighted by molar-refractivity contribution is 7.12. The van der Waals surface area contributed by atoms with Gasteiger partial charge >= 0.3 is 11.9 Å². The Kier molecular flexibility index (Phi) is 7.10. The van der Waals surface area contributed by atoms with Crippen molar-refractivity contribution >= 4 is 46.8 Å². The Hall–Kier alpha value is -5.02. The fraction of sp³-hybridized carbons (Fsp3) is 0.0345. The van der Waals surface area contributed by atoms with Gasteiger partial charge in [0.05, 0.1) is 7.11 Å². The number of nitrogens with zero attached hydrogens (tertiary/aromatic N) is 1. The molecule has 0 saturated carbocycles. The summed E-state index contributed by atoms with van der Waals surface area (Å²) in [5.41, 5.74) is 2.43. The maximum Gasteiger partial charge on any atom is 0.363 e. The van der Waals surface area contributed by atoms with Gasteiger partial charge in [-0.25, -0.2) is 14.6 Å². The molecule has 5 rings (SSSR count). The minimum Gasteiger partial charge on any atom is -0.493 e. The number of hydrogen-bond donors (Lipinski definition) is 1. The normalized spacial score (nSPS) is 13.6. The smallest absolute Gasteiger partial charge is 0.363 e. The monoisotopic (exact) mass is 524 g/mol. The standard InChI is InChI=1S/C29H20N2O6S/c1-35-24-17-18(9-14-23(24)36-29(34)25-8-5-15-38-25)16-22-28(33)37-27(31-22)20-10-12-21(13-11-20)30-26(32)19-6-3-2-4-7-19/h2-17H,1H3,(H,30,32). The fourth-order valence-electron chi connectivity index (χ4n) is 3.58. The van der Waals surface area contributed by atoms with Crippen LogP contribution in [0.4, 0.5) is 5.69 Å². The predicted octanol–water partition coefficient (Wildman–Crippen LogP) is 5.57. The van der Waals surface area contributed by atoms with Gasteiger partial charge in [-0.15, -0.1) is 11.3 Å². The first-order valence-electron chi connectivity index (χ1n) is 11.4. The minimum atomic E-state index is -0.603. The Balaban J connectivity index is 1.30. The number of esters is 2. The Morgan fingerprint density at radius 1 is 0.947 bits per heavy atom. The average Bonchev–Trinajstić information content (AvgIpc) is 3.61. The van der Waals surface area contributed by atoms with Crippen LogP contribution in [-0.2, 0) is 9.53 Å². The summed E-state index contributed by atoms with van der Waals surface area (Å²) in [6, 6.07) is 24.0. The van der Waals surface area contributed by atoms with E-state index in [1.165, 1.54) is 18.4 Å². The van der Waals surface area contributed by atoms with Crippen molar-refractivity contribution in [2.24, 2.45) is 4.99 Å². The summed E-state index contributed by atoms with van der Waals surface area (Å²) in [7, 11) is 1.46. The van der Waals surface area contributed by atoms with Crippen molar-refractivity contribution in [1.82, 2.24) is 0 Å². The second-order valence-electron chi connectivity index (χ2n) is 8.01. The molecule has 1 aromatic heterocycles. The molecule has 2 heterocycles. The number of nitrogens with one attached hydrogen (secondary N) is 1. The van der Waals surface area contributed by atoms with Crippen molar-refractivity contribution in [1.29, 1.82) is 0 Å². The number of carbonyl (C=O) groups excluding carboxylic acids is 3. The number of aliphatic imine (C=N–C) groups is 1. The van der Waals surface area contributed by atoms with Crippen LogP contribution in [0, 0.1) is 0 Å². The van der Waals surface area contributed by atoms with E-state index in [1.807, 2.05) is 6.07 Å². The van der Waals surface area contributed by atoms with E-state index >= 15 is 0 Å². The first-order valence-corrected chi connectivity index (χ1v) is 12.3. The average molecular weight is 525 g/mol. The van der Waals surface area contributed by atoms with Crippen LogP contribution in [0.3, 0.4) is 0 Å². The molecule has 38 heavy (non-hydrogen) atoms. The molecule has 9 heteroatoms. The molecule has 0 atom stereocenters. The van der Waals surface area contributed by atoms with Crippen LogP contribution in [0.1, 0.15) is 31.2 Å². The van der Waals surface area contributed by atoms with Crippen molar-refractivity contribution < 1.29 is 28.6 Å². The molecule has 0 bridgehead atoms. The topological polar surface area (TPSA) is 103 Å². The van der Waals surface area contributed by atoms with E-state index < -0.39 is 11.9 Å². The first-order chi connectivity index (χ1) is 18.5. The van der Waals surface area contributed by atoms with Gasteiger partial charge in [-0.05, 0) is 71.6 Å². The van der Waals surface area contributed by atoms with E-state index in [-0.39, 0.29) is 23.3 Å². The number of hydrogen-bond acceptors (Lipinski definition) is 8. The highest BCUT2D eigenvalue weighted by atomic mass is 32.1. The molecular weight excluding hydrogens is 504 g/mol. The molecule has 1 amide bonds. The number of ether oxygens (including phenoxy) is 3. The molecule has 4 aromatic rings. The highest BCUT2D eigenvalue weighted by Crippen LogP contribution is 2.31. The number of methoxy groups -OCH3 is 1. The van der Waals surface area contributed by atoms with Crippen molar-refractivity contribution in [2.45, 2.75) is 0 Å². The number of rotatable bonds is 7. The fourth-order valence-corrected chi connectivity index (χ4v) is 4.18. The van der Waals surface area contributed by atoms with E-state index in [0.29, 0.717) is 33.0 Å². The minimum absolute atomic E-state index is 0.104. The number of thiophene rings is 1. The van der Waals surface area contributed by atoms with Crippen LogP contribution in [-0.4, -0.2) is 30.9 Å². The lowest BCUT2D eigenvalue weighted by molar-refractivity contribution is -0.129. The summed E-state index contributed by atoms with van der Waals surface area (Å²) in [5, 5.41) is 4.61. The van der Waals surface area contributed by atoms with Gasteiger partial charge < -0.3 is 19.5 Å². The zero-order valence-electron chi connectivity index (χ0n) is 20.0. The third-order valence-corrected chi connectivity index (χ3v) is 6.31. The SMILES string of the molecule is COc1cc(C=C2N=C(c3ccc(NC(=O)c4ccccc4)cc3)OC2=O)ccc1OC(=O)c1cccs1. The van der Waals surface area contributed by atoms with Crippen LogP contribution in [0.2, 0.25) is 0 Å². The Labute approximate surface area is 221 Å². The molecule has 1 N–H and O–H groups in total. The molecule has 1 aliphatic heterocycles. The quantitative estimate of drug-likeness (QED) is 0.193. The zero-order chi connectivity index (χ0) is 26.5. The number of benzene rings is 3. The summed E-state index contributed by atoms with van der Waals surface area (Å²) < 4.78 is 16.2. The third kappa shape index (κ3) is 5.53. The molecule has 188 valence electrons. The number of cyclic esters (lactones) is 1. The van der Waals surface area contributed by atoms with E-state index in [9.17, 15) is 14.4 Å². The van der Waals surface area contributed by atoms with Crippen molar-refractivity contribution in [3.8, 4) is 11.5 Å². The van der Waals surface area contributed by atoms with Gasteiger partial charge in [-0.3, -0.25) is 4.79 Å². The van der Waals surface area contributed by atoms with Gasteiger partial charge in [-0.1, -0.05) is 30.3 Å². The summed E-state index contributed by atoms with van der Waals surface area (Å²) in [6.07, 6.45) is 1.55. The molecule has 0 unspecified atom stereocenters. The van der Waals surface area contributed by atoms with E-state index in [4.69, 9.17) is 14.2 Å². The number of anilines is 1. The lowest BCUT2D eigenvalue weighted by Crippen LogP contribution is -2.12. The summed E-state index contributed by atoms with van der Waals surface area (Å²) in [4.78, 5) is 41.9. The first kappa shape index (κ1) is 24.7. The molecular formula is C29H20N2O6S. The molecule has 0 radical (unpaired) electrons.